The van der Waals surface area contributed by atoms with Crippen LogP contribution in [0.25, 0.3) is 5.65 Å². The molecule has 0 radical (unpaired) electrons. The Morgan fingerprint density at radius 2 is 2.21 bits per heavy atom. The predicted octanol–water partition coefficient (Wildman–Crippen LogP) is 3.07. The van der Waals surface area contributed by atoms with E-state index in [0.29, 0.717) is 0 Å². The van der Waals surface area contributed by atoms with Crippen LogP contribution in [0.4, 0.5) is 0 Å². The molecule has 0 N–H and O–H groups in total. The van der Waals surface area contributed by atoms with Crippen LogP contribution in [0.5, 0.6) is 0 Å². The maximum atomic E-state index is 4.36. The summed E-state index contributed by atoms with van der Waals surface area (Å²) in [5.41, 5.74) is 2.48. The molecule has 0 aliphatic carbocycles. The normalized spacial score (nSPS) is 10.9. The minimum absolute atomic E-state index is 1.11. The summed E-state index contributed by atoms with van der Waals surface area (Å²) >= 11 is 0. The molecule has 0 aromatic carbocycles. The predicted molar refractivity (Wildman–Crippen MR) is 58.4 cm³/mol. The van der Waals surface area contributed by atoms with Gasteiger partial charge < -0.3 is 4.40 Å². The van der Waals surface area contributed by atoms with Gasteiger partial charge in [-0.2, -0.15) is 0 Å². The third-order valence-electron chi connectivity index (χ3n) is 2.55. The summed E-state index contributed by atoms with van der Waals surface area (Å²) in [6.07, 6.45) is 10.9. The highest BCUT2D eigenvalue weighted by Crippen LogP contribution is 2.12. The Hall–Kier alpha value is -1.31. The molecule has 0 saturated heterocycles. The van der Waals surface area contributed by atoms with Gasteiger partial charge in [0.25, 0.3) is 0 Å². The Bertz CT molecular complexity index is 403. The van der Waals surface area contributed by atoms with Gasteiger partial charge in [-0.05, 0) is 24.5 Å². The smallest absolute Gasteiger partial charge is 0.139 e. The van der Waals surface area contributed by atoms with E-state index < -0.39 is 0 Å². The van der Waals surface area contributed by atoms with Crippen molar-refractivity contribution >= 4 is 5.65 Å². The molecule has 2 aromatic rings. The molecular weight excluding hydrogens is 172 g/mol. The number of pyridine rings is 1. The molecule has 0 fully saturated rings. The highest BCUT2D eigenvalue weighted by molar-refractivity contribution is 5.47. The van der Waals surface area contributed by atoms with Crippen molar-refractivity contribution in [3.63, 3.8) is 0 Å². The van der Waals surface area contributed by atoms with Crippen molar-refractivity contribution in [1.29, 1.82) is 0 Å². The largest absolute Gasteiger partial charge is 0.307 e. The van der Waals surface area contributed by atoms with Gasteiger partial charge in [0.15, 0.2) is 0 Å². The lowest BCUT2D eigenvalue weighted by Gasteiger charge is -2.02. The molecule has 0 aliphatic heterocycles. The van der Waals surface area contributed by atoms with Crippen LogP contribution in [0.15, 0.2) is 30.7 Å². The number of hydrogen-bond acceptors (Lipinski definition) is 1. The molecule has 2 heteroatoms. The molecule has 74 valence electrons. The van der Waals surface area contributed by atoms with Crippen LogP contribution in [0.3, 0.4) is 0 Å². The summed E-state index contributed by atoms with van der Waals surface area (Å²) in [6.45, 7) is 2.23. The number of rotatable bonds is 4. The van der Waals surface area contributed by atoms with Crippen molar-refractivity contribution in [2.24, 2.45) is 0 Å². The zero-order chi connectivity index (χ0) is 9.80. The highest BCUT2D eigenvalue weighted by atomic mass is 15.0. The van der Waals surface area contributed by atoms with Crippen LogP contribution in [-0.2, 0) is 6.42 Å². The highest BCUT2D eigenvalue weighted by Gasteiger charge is 2.00. The number of aromatic nitrogens is 2. The Morgan fingerprint density at radius 3 is 3.07 bits per heavy atom. The van der Waals surface area contributed by atoms with E-state index in [-0.39, 0.29) is 0 Å². The van der Waals surface area contributed by atoms with Gasteiger partial charge in [0, 0.05) is 18.6 Å². The lowest BCUT2D eigenvalue weighted by Crippen LogP contribution is -1.91. The first-order valence-electron chi connectivity index (χ1n) is 5.32. The van der Waals surface area contributed by atoms with E-state index in [9.17, 15) is 0 Å². The zero-order valence-electron chi connectivity index (χ0n) is 8.61. The molecule has 2 aromatic heterocycles. The monoisotopic (exact) mass is 188 g/mol. The van der Waals surface area contributed by atoms with Crippen LogP contribution in [-0.4, -0.2) is 9.38 Å². The molecule has 0 atom stereocenters. The second-order valence-corrected chi connectivity index (χ2v) is 3.65. The number of hydrogen-bond donors (Lipinski definition) is 0. The second kappa shape index (κ2) is 4.27. The fraction of sp³-hybridized carbons (Fsp3) is 0.417. The van der Waals surface area contributed by atoms with E-state index in [1.165, 1.54) is 24.8 Å². The lowest BCUT2D eigenvalue weighted by atomic mass is 10.1. The van der Waals surface area contributed by atoms with Crippen LogP contribution in [0, 0.1) is 0 Å². The molecule has 0 saturated carbocycles. The van der Waals surface area contributed by atoms with Gasteiger partial charge in [0.2, 0.25) is 0 Å². The van der Waals surface area contributed by atoms with Crippen LogP contribution in [0.1, 0.15) is 31.7 Å². The van der Waals surface area contributed by atoms with Gasteiger partial charge in [0.1, 0.15) is 5.65 Å². The molecular formula is C12H16N2. The first-order chi connectivity index (χ1) is 6.92. The summed E-state index contributed by atoms with van der Waals surface area (Å²) in [4.78, 5) is 4.36. The summed E-state index contributed by atoms with van der Waals surface area (Å²) in [5.74, 6) is 0. The summed E-state index contributed by atoms with van der Waals surface area (Å²) < 4.78 is 2.08. The summed E-state index contributed by atoms with van der Waals surface area (Å²) in [6, 6.07) is 4.27. The fourth-order valence-electron chi connectivity index (χ4n) is 1.77. The van der Waals surface area contributed by atoms with Crippen LogP contribution < -0.4 is 0 Å². The maximum absolute atomic E-state index is 4.36. The first-order valence-corrected chi connectivity index (χ1v) is 5.32. The van der Waals surface area contributed by atoms with Crippen molar-refractivity contribution in [3.8, 4) is 0 Å². The van der Waals surface area contributed by atoms with Gasteiger partial charge in [0.05, 0.1) is 0 Å². The first kappa shape index (κ1) is 9.25. The minimum atomic E-state index is 1.11. The summed E-state index contributed by atoms with van der Waals surface area (Å²) in [7, 11) is 0. The van der Waals surface area contributed by atoms with Gasteiger partial charge in [-0.1, -0.05) is 25.8 Å². The number of imidazole rings is 1. The molecule has 0 amide bonds. The number of unbranched alkanes of at least 4 members (excludes halogenated alkanes) is 2. The summed E-state index contributed by atoms with van der Waals surface area (Å²) in [5, 5.41) is 0. The third-order valence-corrected chi connectivity index (χ3v) is 2.55. The topological polar surface area (TPSA) is 17.3 Å². The molecule has 0 aliphatic rings. The minimum Gasteiger partial charge on any atom is -0.307 e. The van der Waals surface area contributed by atoms with Crippen LogP contribution in [0.2, 0.25) is 0 Å². The van der Waals surface area contributed by atoms with Gasteiger partial charge in [-0.3, -0.25) is 0 Å². The van der Waals surface area contributed by atoms with Crippen molar-refractivity contribution in [2.45, 2.75) is 32.6 Å². The second-order valence-electron chi connectivity index (χ2n) is 3.65. The van der Waals surface area contributed by atoms with E-state index >= 15 is 0 Å². The standard InChI is InChI=1S/C12H16N2/c1-2-3-4-6-11-7-5-9-14-10-8-13-12(11)14/h5,7-10H,2-4,6H2,1H3. The molecule has 2 nitrogen and oxygen atoms in total. The SMILES string of the molecule is CCCCCc1cccn2ccnc12. The van der Waals surface area contributed by atoms with Gasteiger partial charge in [-0.15, -0.1) is 0 Å². The van der Waals surface area contributed by atoms with E-state index in [0.717, 1.165) is 12.1 Å². The number of aryl methyl sites for hydroxylation is 1. The Kier molecular flexibility index (Phi) is 2.82. The Morgan fingerprint density at radius 1 is 1.29 bits per heavy atom. The molecule has 2 heterocycles. The Labute approximate surface area is 84.6 Å². The van der Waals surface area contributed by atoms with E-state index in [1.54, 1.807) is 0 Å². The van der Waals surface area contributed by atoms with Crippen LogP contribution >= 0.6 is 0 Å². The van der Waals surface area contributed by atoms with Gasteiger partial charge in [-0.25, -0.2) is 4.98 Å². The van der Waals surface area contributed by atoms with Gasteiger partial charge >= 0.3 is 0 Å². The quantitative estimate of drug-likeness (QED) is 0.674. The molecule has 2 rings (SSSR count). The average molecular weight is 188 g/mol. The fourth-order valence-corrected chi connectivity index (χ4v) is 1.77. The third kappa shape index (κ3) is 1.79. The number of nitrogens with zero attached hydrogens (tertiary/aromatic N) is 2. The molecule has 0 spiro atoms. The van der Waals surface area contributed by atoms with Crippen molar-refractivity contribution < 1.29 is 0 Å². The average Bonchev–Trinajstić information content (AvgIpc) is 2.67. The van der Waals surface area contributed by atoms with E-state index in [1.807, 2.05) is 18.6 Å². The van der Waals surface area contributed by atoms with Crippen molar-refractivity contribution in [1.82, 2.24) is 9.38 Å². The lowest BCUT2D eigenvalue weighted by molar-refractivity contribution is 0.717. The van der Waals surface area contributed by atoms with Crippen molar-refractivity contribution in [2.75, 3.05) is 0 Å². The maximum Gasteiger partial charge on any atom is 0.139 e. The molecule has 0 unspecified atom stereocenters. The van der Waals surface area contributed by atoms with E-state index in [4.69, 9.17) is 0 Å². The number of fused-ring (bicyclic) bond motifs is 1. The van der Waals surface area contributed by atoms with Crippen molar-refractivity contribution in [3.05, 3.63) is 36.3 Å². The molecule has 14 heavy (non-hydrogen) atoms. The zero-order valence-corrected chi connectivity index (χ0v) is 8.61. The molecule has 0 bridgehead atoms. The Balaban J connectivity index is 2.19. The van der Waals surface area contributed by atoms with E-state index in [2.05, 4.69) is 28.4 Å².